The molecule has 1 aliphatic carbocycles. The first-order valence-corrected chi connectivity index (χ1v) is 9.60. The zero-order valence-electron chi connectivity index (χ0n) is 17.0. The Kier molecular flexibility index (Phi) is 8.51. The molecule has 0 heterocycles. The van der Waals surface area contributed by atoms with Crippen molar-refractivity contribution in [3.05, 3.63) is 29.8 Å². The SMILES string of the molecule is COc1ccc(OC)c(/C=C/C(=O)OCC(=O)NC(=O)N[C@H]2CCCC[C@@H]2C)c1. The van der Waals surface area contributed by atoms with Crippen molar-refractivity contribution in [3.8, 4) is 11.5 Å². The number of amides is 3. The van der Waals surface area contributed by atoms with Crippen molar-refractivity contribution < 1.29 is 28.6 Å². The Morgan fingerprint density at radius 3 is 2.59 bits per heavy atom. The minimum atomic E-state index is -0.716. The highest BCUT2D eigenvalue weighted by Crippen LogP contribution is 2.25. The summed E-state index contributed by atoms with van der Waals surface area (Å²) in [6, 6.07) is 4.63. The smallest absolute Gasteiger partial charge is 0.331 e. The molecule has 0 saturated heterocycles. The quantitative estimate of drug-likeness (QED) is 0.535. The lowest BCUT2D eigenvalue weighted by atomic mass is 9.86. The van der Waals surface area contributed by atoms with Gasteiger partial charge >= 0.3 is 12.0 Å². The summed E-state index contributed by atoms with van der Waals surface area (Å²) in [4.78, 5) is 35.6. The zero-order chi connectivity index (χ0) is 21.2. The van der Waals surface area contributed by atoms with E-state index in [4.69, 9.17) is 14.2 Å². The molecule has 0 aliphatic heterocycles. The molecule has 29 heavy (non-hydrogen) atoms. The third-order valence-corrected chi connectivity index (χ3v) is 4.86. The molecule has 0 radical (unpaired) electrons. The number of carbonyl (C=O) groups is 3. The summed E-state index contributed by atoms with van der Waals surface area (Å²) >= 11 is 0. The van der Waals surface area contributed by atoms with Crippen molar-refractivity contribution >= 4 is 24.0 Å². The van der Waals surface area contributed by atoms with Crippen LogP contribution in [0.15, 0.2) is 24.3 Å². The van der Waals surface area contributed by atoms with Crippen LogP contribution in [0.4, 0.5) is 4.79 Å². The molecule has 8 heteroatoms. The molecule has 2 rings (SSSR count). The van der Waals surface area contributed by atoms with Crippen molar-refractivity contribution in [2.75, 3.05) is 20.8 Å². The fraction of sp³-hybridized carbons (Fsp3) is 0.476. The molecule has 3 amide bonds. The molecule has 158 valence electrons. The van der Waals surface area contributed by atoms with Gasteiger partial charge in [0.2, 0.25) is 0 Å². The second-order valence-electron chi connectivity index (χ2n) is 6.94. The molecular weight excluding hydrogens is 376 g/mol. The number of benzene rings is 1. The molecule has 0 spiro atoms. The molecule has 8 nitrogen and oxygen atoms in total. The van der Waals surface area contributed by atoms with Gasteiger partial charge in [-0.1, -0.05) is 19.8 Å². The standard InChI is InChI=1S/C21H28N2O6/c1-14-6-4-5-7-17(14)22-21(26)23-19(24)13-29-20(25)11-8-15-12-16(27-2)9-10-18(15)28-3/h8-12,14,17H,4-7,13H2,1-3H3,(H2,22,23,24,26)/b11-8+/t14-,17-/m0/s1. The van der Waals surface area contributed by atoms with E-state index in [0.29, 0.717) is 23.0 Å². The molecule has 2 atom stereocenters. The summed E-state index contributed by atoms with van der Waals surface area (Å²) in [5, 5.41) is 4.99. The van der Waals surface area contributed by atoms with E-state index in [1.54, 1.807) is 18.2 Å². The van der Waals surface area contributed by atoms with E-state index in [0.717, 1.165) is 25.7 Å². The minimum Gasteiger partial charge on any atom is -0.497 e. The number of hydrogen-bond acceptors (Lipinski definition) is 6. The van der Waals surface area contributed by atoms with Crippen LogP contribution < -0.4 is 20.1 Å². The first-order valence-electron chi connectivity index (χ1n) is 9.60. The van der Waals surface area contributed by atoms with Gasteiger partial charge in [-0.2, -0.15) is 0 Å². The molecule has 0 aromatic heterocycles. The number of imide groups is 1. The fourth-order valence-electron chi connectivity index (χ4n) is 3.21. The highest BCUT2D eigenvalue weighted by molar-refractivity contribution is 5.96. The summed E-state index contributed by atoms with van der Waals surface area (Å²) in [5.41, 5.74) is 0.620. The van der Waals surface area contributed by atoms with Gasteiger partial charge in [0.25, 0.3) is 5.91 Å². The molecule has 1 saturated carbocycles. The maximum Gasteiger partial charge on any atom is 0.331 e. The lowest BCUT2D eigenvalue weighted by molar-refractivity contribution is -0.143. The minimum absolute atomic E-state index is 0.0554. The summed E-state index contributed by atoms with van der Waals surface area (Å²) in [5.74, 6) is 0.136. The van der Waals surface area contributed by atoms with Crippen LogP contribution in [0, 0.1) is 5.92 Å². The average molecular weight is 404 g/mol. The van der Waals surface area contributed by atoms with E-state index < -0.39 is 24.5 Å². The topological polar surface area (TPSA) is 103 Å². The first kappa shape index (κ1) is 22.3. The second kappa shape index (κ2) is 11.1. The molecule has 1 fully saturated rings. The van der Waals surface area contributed by atoms with Crippen LogP contribution in [-0.4, -0.2) is 44.8 Å². The van der Waals surface area contributed by atoms with Crippen LogP contribution in [0.25, 0.3) is 6.08 Å². The summed E-state index contributed by atoms with van der Waals surface area (Å²) in [7, 11) is 3.05. The van der Waals surface area contributed by atoms with Crippen molar-refractivity contribution in [3.63, 3.8) is 0 Å². The van der Waals surface area contributed by atoms with Gasteiger partial charge in [-0.15, -0.1) is 0 Å². The lowest BCUT2D eigenvalue weighted by Gasteiger charge is -2.29. The molecule has 1 aliphatic rings. The molecular formula is C21H28N2O6. The van der Waals surface area contributed by atoms with Crippen LogP contribution in [0.1, 0.15) is 38.2 Å². The van der Waals surface area contributed by atoms with E-state index in [9.17, 15) is 14.4 Å². The number of esters is 1. The molecule has 1 aromatic rings. The summed E-state index contributed by atoms with van der Waals surface area (Å²) in [6.07, 6.45) is 6.85. The van der Waals surface area contributed by atoms with Crippen molar-refractivity contribution in [1.82, 2.24) is 10.6 Å². The number of rotatable bonds is 7. The van der Waals surface area contributed by atoms with Crippen LogP contribution in [0.3, 0.4) is 0 Å². The van der Waals surface area contributed by atoms with Gasteiger partial charge in [0.15, 0.2) is 6.61 Å². The fourth-order valence-corrected chi connectivity index (χ4v) is 3.21. The number of urea groups is 1. The molecule has 0 bridgehead atoms. The third kappa shape index (κ3) is 7.14. The first-order chi connectivity index (χ1) is 13.9. The van der Waals surface area contributed by atoms with Crippen molar-refractivity contribution in [1.29, 1.82) is 0 Å². The third-order valence-electron chi connectivity index (χ3n) is 4.86. The summed E-state index contributed by atoms with van der Waals surface area (Å²) < 4.78 is 15.2. The zero-order valence-corrected chi connectivity index (χ0v) is 17.0. The van der Waals surface area contributed by atoms with Crippen molar-refractivity contribution in [2.24, 2.45) is 5.92 Å². The van der Waals surface area contributed by atoms with Gasteiger partial charge in [0.05, 0.1) is 14.2 Å². The average Bonchev–Trinajstić information content (AvgIpc) is 2.72. The van der Waals surface area contributed by atoms with E-state index >= 15 is 0 Å². The van der Waals surface area contributed by atoms with E-state index in [1.165, 1.54) is 26.4 Å². The number of carbonyl (C=O) groups excluding carboxylic acids is 3. The Hall–Kier alpha value is -3.03. The van der Waals surface area contributed by atoms with E-state index in [1.807, 2.05) is 0 Å². The van der Waals surface area contributed by atoms with Gasteiger partial charge in [-0.05, 0) is 43.0 Å². The Balaban J connectivity index is 1.79. The monoisotopic (exact) mass is 404 g/mol. The molecule has 0 unspecified atom stereocenters. The van der Waals surface area contributed by atoms with Crippen LogP contribution in [0.5, 0.6) is 11.5 Å². The predicted octanol–water partition coefficient (Wildman–Crippen LogP) is 2.66. The normalized spacial score (nSPS) is 18.7. The largest absolute Gasteiger partial charge is 0.497 e. The molecule has 1 aromatic carbocycles. The highest BCUT2D eigenvalue weighted by Gasteiger charge is 2.23. The van der Waals surface area contributed by atoms with E-state index in [2.05, 4.69) is 17.6 Å². The predicted molar refractivity (Wildman–Crippen MR) is 108 cm³/mol. The Bertz CT molecular complexity index is 762. The Morgan fingerprint density at radius 2 is 1.90 bits per heavy atom. The van der Waals surface area contributed by atoms with Gasteiger partial charge in [-0.25, -0.2) is 9.59 Å². The van der Waals surface area contributed by atoms with Gasteiger partial charge < -0.3 is 19.5 Å². The maximum atomic E-state index is 11.9. The summed E-state index contributed by atoms with van der Waals surface area (Å²) in [6.45, 7) is 1.53. The lowest BCUT2D eigenvalue weighted by Crippen LogP contribution is -2.48. The van der Waals surface area contributed by atoms with Gasteiger partial charge in [-0.3, -0.25) is 10.1 Å². The number of methoxy groups -OCH3 is 2. The van der Waals surface area contributed by atoms with Crippen molar-refractivity contribution in [2.45, 2.75) is 38.6 Å². The highest BCUT2D eigenvalue weighted by atomic mass is 16.5. The molecule has 2 N–H and O–H groups in total. The van der Waals surface area contributed by atoms with Gasteiger partial charge in [0.1, 0.15) is 11.5 Å². The van der Waals surface area contributed by atoms with Gasteiger partial charge in [0, 0.05) is 17.7 Å². The second-order valence-corrected chi connectivity index (χ2v) is 6.94. The van der Waals surface area contributed by atoms with Crippen LogP contribution >= 0.6 is 0 Å². The number of hydrogen-bond donors (Lipinski definition) is 2. The van der Waals surface area contributed by atoms with Crippen LogP contribution in [0.2, 0.25) is 0 Å². The maximum absolute atomic E-state index is 11.9. The Labute approximate surface area is 170 Å². The number of ether oxygens (including phenoxy) is 3. The number of nitrogens with one attached hydrogen (secondary N) is 2. The van der Waals surface area contributed by atoms with Crippen LogP contribution in [-0.2, 0) is 14.3 Å². The van der Waals surface area contributed by atoms with E-state index in [-0.39, 0.29) is 6.04 Å². The Morgan fingerprint density at radius 1 is 1.14 bits per heavy atom.